The van der Waals surface area contributed by atoms with Gasteiger partial charge in [-0.05, 0) is 53.8 Å². The number of urea groups is 1. The Balaban J connectivity index is 1.90. The number of fused-ring (bicyclic) bond motifs is 1. The summed E-state index contributed by atoms with van der Waals surface area (Å²) >= 11 is 0. The van der Waals surface area contributed by atoms with Crippen LogP contribution in [0.1, 0.15) is 120 Å². The second-order valence-corrected chi connectivity index (χ2v) is 15.9. The van der Waals surface area contributed by atoms with Gasteiger partial charge < -0.3 is 26.2 Å². The highest BCUT2D eigenvalue weighted by Gasteiger charge is 2.70. The van der Waals surface area contributed by atoms with Crippen LogP contribution in [0.25, 0.3) is 0 Å². The Kier molecular flexibility index (Phi) is 12.5. The number of likely N-dealkylation sites (tertiary alicyclic amines) is 1. The molecule has 3 aliphatic rings. The monoisotopic (exact) mass is 643 g/mol. The van der Waals surface area contributed by atoms with Gasteiger partial charge in [0.15, 0.2) is 0 Å². The van der Waals surface area contributed by atoms with E-state index in [-0.39, 0.29) is 47.2 Å². The lowest BCUT2D eigenvalue weighted by atomic mass is 9.70. The maximum atomic E-state index is 14.7. The van der Waals surface area contributed by atoms with Gasteiger partial charge in [0.25, 0.3) is 5.91 Å². The number of unbranched alkanes of at least 4 members (excludes halogenated alkanes) is 1. The quantitative estimate of drug-likeness (QED) is 0.149. The SMILES string of the molecule is C=CCNC(=O)C(=O)C(CCCC)NC(=O)C1[C@@H]2[C@H](CN1C(=O)C(NC(=O)NC(CCC)C(C)(C)C)C1(C)CCCCC1)C2(C)C. The van der Waals surface area contributed by atoms with Crippen LogP contribution in [0.15, 0.2) is 12.7 Å². The minimum Gasteiger partial charge on any atom is -0.346 e. The average Bonchev–Trinajstić information content (AvgIpc) is 3.30. The van der Waals surface area contributed by atoms with Crippen molar-refractivity contribution < 1.29 is 24.0 Å². The molecule has 1 aliphatic heterocycles. The van der Waals surface area contributed by atoms with Crippen LogP contribution in [0.2, 0.25) is 0 Å². The van der Waals surface area contributed by atoms with Crippen LogP contribution in [0, 0.1) is 28.1 Å². The van der Waals surface area contributed by atoms with E-state index in [4.69, 9.17) is 0 Å². The summed E-state index contributed by atoms with van der Waals surface area (Å²) in [6, 6.07) is -3.00. The largest absolute Gasteiger partial charge is 0.346 e. The Morgan fingerprint density at radius 2 is 1.59 bits per heavy atom. The van der Waals surface area contributed by atoms with Crippen molar-refractivity contribution in [2.24, 2.45) is 28.1 Å². The maximum Gasteiger partial charge on any atom is 0.315 e. The van der Waals surface area contributed by atoms with Gasteiger partial charge in [0.1, 0.15) is 12.1 Å². The molecule has 0 aromatic heterocycles. The molecule has 2 saturated carbocycles. The summed E-state index contributed by atoms with van der Waals surface area (Å²) in [6.07, 6.45) is 9.66. The third-order valence-electron chi connectivity index (χ3n) is 11.0. The number of nitrogens with zero attached hydrogens (tertiary/aromatic N) is 1. The highest BCUT2D eigenvalue weighted by atomic mass is 16.2. The summed E-state index contributed by atoms with van der Waals surface area (Å²) in [4.78, 5) is 69.7. The Bertz CT molecular complexity index is 1140. The second-order valence-electron chi connectivity index (χ2n) is 15.9. The summed E-state index contributed by atoms with van der Waals surface area (Å²) in [6.45, 7) is 20.8. The van der Waals surface area contributed by atoms with Crippen LogP contribution in [-0.4, -0.2) is 71.7 Å². The maximum absolute atomic E-state index is 14.7. The fourth-order valence-electron chi connectivity index (χ4n) is 7.85. The van der Waals surface area contributed by atoms with Crippen molar-refractivity contribution >= 4 is 29.5 Å². The molecule has 10 nitrogen and oxygen atoms in total. The van der Waals surface area contributed by atoms with Gasteiger partial charge in [-0.1, -0.05) is 100.0 Å². The molecular formula is C36H61N5O5. The van der Waals surface area contributed by atoms with Crippen LogP contribution < -0.4 is 21.3 Å². The molecule has 0 radical (unpaired) electrons. The first-order chi connectivity index (χ1) is 21.5. The summed E-state index contributed by atoms with van der Waals surface area (Å²) < 4.78 is 0. The lowest BCUT2D eigenvalue weighted by Crippen LogP contribution is -2.63. The van der Waals surface area contributed by atoms with Crippen molar-refractivity contribution in [2.45, 2.75) is 144 Å². The van der Waals surface area contributed by atoms with E-state index in [1.165, 1.54) is 6.08 Å². The Labute approximate surface area is 277 Å². The molecule has 260 valence electrons. The van der Waals surface area contributed by atoms with Crippen molar-refractivity contribution in [2.75, 3.05) is 13.1 Å². The number of amides is 5. The molecule has 0 aromatic rings. The highest BCUT2D eigenvalue weighted by molar-refractivity contribution is 6.38. The van der Waals surface area contributed by atoms with Gasteiger partial charge in [0.05, 0.1) is 6.04 Å². The minimum atomic E-state index is -0.987. The third kappa shape index (κ3) is 8.51. The minimum absolute atomic E-state index is 0.0626. The number of rotatable bonds is 15. The molecule has 4 unspecified atom stereocenters. The molecule has 0 bridgehead atoms. The normalized spacial score (nSPS) is 24.9. The Morgan fingerprint density at radius 3 is 2.15 bits per heavy atom. The molecular weight excluding hydrogens is 582 g/mol. The van der Waals surface area contributed by atoms with Crippen molar-refractivity contribution in [3.8, 4) is 0 Å². The fourth-order valence-corrected chi connectivity index (χ4v) is 7.85. The molecule has 3 fully saturated rings. The van der Waals surface area contributed by atoms with Crippen LogP contribution in [-0.2, 0) is 19.2 Å². The van der Waals surface area contributed by atoms with Gasteiger partial charge in [0.2, 0.25) is 17.6 Å². The number of carbonyl (C=O) groups excluding carboxylic acids is 5. The van der Waals surface area contributed by atoms with E-state index in [2.05, 4.69) is 76.3 Å². The molecule has 0 aromatic carbocycles. The molecule has 10 heteroatoms. The van der Waals surface area contributed by atoms with Gasteiger partial charge in [0, 0.05) is 19.1 Å². The fraction of sp³-hybridized carbons (Fsp3) is 0.806. The van der Waals surface area contributed by atoms with Gasteiger partial charge >= 0.3 is 6.03 Å². The predicted octanol–water partition coefficient (Wildman–Crippen LogP) is 4.87. The van der Waals surface area contributed by atoms with Gasteiger partial charge in [-0.15, -0.1) is 6.58 Å². The Hall–Kier alpha value is -2.91. The highest BCUT2D eigenvalue weighted by Crippen LogP contribution is 2.65. The molecule has 5 amide bonds. The Morgan fingerprint density at radius 1 is 0.935 bits per heavy atom. The number of ketones is 1. The van der Waals surface area contributed by atoms with Gasteiger partial charge in [-0.25, -0.2) is 4.79 Å². The zero-order chi connectivity index (χ0) is 34.4. The van der Waals surface area contributed by atoms with Gasteiger partial charge in [-0.3, -0.25) is 19.2 Å². The number of hydrogen-bond acceptors (Lipinski definition) is 5. The van der Waals surface area contributed by atoms with E-state index in [0.717, 1.165) is 51.4 Å². The van der Waals surface area contributed by atoms with Crippen LogP contribution in [0.3, 0.4) is 0 Å². The van der Waals surface area contributed by atoms with Crippen molar-refractivity contribution in [1.29, 1.82) is 0 Å². The lowest BCUT2D eigenvalue weighted by Gasteiger charge is -2.43. The zero-order valence-electron chi connectivity index (χ0n) is 29.7. The number of hydrogen-bond donors (Lipinski definition) is 4. The van der Waals surface area contributed by atoms with E-state index < -0.39 is 41.1 Å². The molecule has 1 saturated heterocycles. The number of nitrogens with one attached hydrogen (secondary N) is 4. The molecule has 2 aliphatic carbocycles. The zero-order valence-corrected chi connectivity index (χ0v) is 29.7. The second kappa shape index (κ2) is 15.3. The van der Waals surface area contributed by atoms with Crippen LogP contribution >= 0.6 is 0 Å². The van der Waals surface area contributed by atoms with E-state index in [1.807, 2.05) is 6.92 Å². The number of Topliss-reactive ketones (excluding diaryl/α,β-unsaturated/α-hetero) is 1. The molecule has 6 atom stereocenters. The average molecular weight is 644 g/mol. The van der Waals surface area contributed by atoms with Crippen LogP contribution in [0.5, 0.6) is 0 Å². The van der Waals surface area contributed by atoms with Gasteiger partial charge in [-0.2, -0.15) is 0 Å². The topological polar surface area (TPSA) is 137 Å². The van der Waals surface area contributed by atoms with Crippen molar-refractivity contribution in [1.82, 2.24) is 26.2 Å². The number of carbonyl (C=O) groups is 5. The lowest BCUT2D eigenvalue weighted by molar-refractivity contribution is -0.146. The molecule has 4 N–H and O–H groups in total. The first-order valence-electron chi connectivity index (χ1n) is 17.6. The number of piperidine rings is 1. The van der Waals surface area contributed by atoms with Crippen LogP contribution in [0.4, 0.5) is 4.79 Å². The summed E-state index contributed by atoms with van der Waals surface area (Å²) in [5.41, 5.74) is -0.750. The summed E-state index contributed by atoms with van der Waals surface area (Å²) in [7, 11) is 0. The summed E-state index contributed by atoms with van der Waals surface area (Å²) in [5, 5.41) is 11.7. The van der Waals surface area contributed by atoms with Crippen molar-refractivity contribution in [3.05, 3.63) is 12.7 Å². The first kappa shape index (κ1) is 37.5. The first-order valence-corrected chi connectivity index (χ1v) is 17.6. The molecule has 0 spiro atoms. The standard InChI is InChI=1S/C36H61N5O5/c1-10-13-18-24(28(42)31(44)37-21-12-3)38-30(43)27-26-23(35(26,7)8)22-41(27)32(45)29(36(9)19-15-14-16-20-36)40-33(46)39-25(17-11-2)34(4,5)6/h12,23-27,29H,3,10-11,13-22H2,1-2,4-9H3,(H,37,44)(H,38,43)(H2,39,40,46)/t23-,24?,25?,26-,27?,29?/m0/s1. The molecule has 1 heterocycles. The smallest absolute Gasteiger partial charge is 0.315 e. The molecule has 46 heavy (non-hydrogen) atoms. The van der Waals surface area contributed by atoms with E-state index in [0.29, 0.717) is 19.4 Å². The van der Waals surface area contributed by atoms with E-state index in [1.54, 1.807) is 4.90 Å². The predicted molar refractivity (Wildman–Crippen MR) is 181 cm³/mol. The van der Waals surface area contributed by atoms with E-state index in [9.17, 15) is 24.0 Å². The summed E-state index contributed by atoms with van der Waals surface area (Å²) in [5.74, 6) is -2.05. The third-order valence-corrected chi connectivity index (χ3v) is 11.0. The molecule has 3 rings (SSSR count). The van der Waals surface area contributed by atoms with Crippen molar-refractivity contribution in [3.63, 3.8) is 0 Å². The van der Waals surface area contributed by atoms with E-state index >= 15 is 0 Å².